The van der Waals surface area contributed by atoms with Gasteiger partial charge in [0.25, 0.3) is 0 Å². The zero-order valence-electron chi connectivity index (χ0n) is 9.70. The Balaban J connectivity index is 2.30. The molecule has 14 heavy (non-hydrogen) atoms. The van der Waals surface area contributed by atoms with E-state index in [0.717, 1.165) is 13.1 Å². The number of rotatable bonds is 4. The van der Waals surface area contributed by atoms with Crippen LogP contribution in [0.4, 0.5) is 0 Å². The number of methoxy groups -OCH3 is 1. The molecule has 0 aliphatic carbocycles. The molecule has 1 aliphatic rings. The smallest absolute Gasteiger partial charge is 0.0698 e. The fourth-order valence-electron chi connectivity index (χ4n) is 1.88. The Morgan fingerprint density at radius 2 is 2.21 bits per heavy atom. The standard InChI is InChI=1S/C11H24N2O/c1-9(2)11(12)8-13-6-4-5-10(7-13)14-3/h9-11H,4-8,12H2,1-3H3. The molecule has 84 valence electrons. The van der Waals surface area contributed by atoms with Gasteiger partial charge < -0.3 is 10.5 Å². The number of ether oxygens (including phenoxy) is 1. The highest BCUT2D eigenvalue weighted by Gasteiger charge is 2.21. The second-order valence-corrected chi connectivity index (χ2v) is 4.67. The molecule has 2 unspecified atom stereocenters. The summed E-state index contributed by atoms with van der Waals surface area (Å²) in [4.78, 5) is 2.43. The maximum atomic E-state index is 6.05. The molecule has 0 aromatic carbocycles. The van der Waals surface area contributed by atoms with Crippen LogP contribution in [-0.4, -0.2) is 43.8 Å². The minimum atomic E-state index is 0.297. The molecule has 0 radical (unpaired) electrons. The molecule has 1 heterocycles. The second-order valence-electron chi connectivity index (χ2n) is 4.67. The van der Waals surface area contributed by atoms with Crippen LogP contribution < -0.4 is 5.73 Å². The highest BCUT2D eigenvalue weighted by Crippen LogP contribution is 2.13. The fraction of sp³-hybridized carbons (Fsp3) is 1.00. The van der Waals surface area contributed by atoms with Gasteiger partial charge in [-0.1, -0.05) is 13.8 Å². The lowest BCUT2D eigenvalue weighted by Gasteiger charge is -2.34. The summed E-state index contributed by atoms with van der Waals surface area (Å²) >= 11 is 0. The molecular formula is C11H24N2O. The van der Waals surface area contributed by atoms with E-state index in [1.807, 2.05) is 0 Å². The number of hydrogen-bond acceptors (Lipinski definition) is 3. The van der Waals surface area contributed by atoms with Gasteiger partial charge in [0.2, 0.25) is 0 Å². The number of piperidine rings is 1. The Bertz CT molecular complexity index is 161. The predicted octanol–water partition coefficient (Wildman–Crippen LogP) is 1.08. The first-order chi connectivity index (χ1) is 6.63. The summed E-state index contributed by atoms with van der Waals surface area (Å²) in [6.07, 6.45) is 2.86. The Morgan fingerprint density at radius 1 is 1.50 bits per heavy atom. The first kappa shape index (κ1) is 12.0. The van der Waals surface area contributed by atoms with Gasteiger partial charge in [0.05, 0.1) is 6.10 Å². The third-order valence-electron chi connectivity index (χ3n) is 3.12. The van der Waals surface area contributed by atoms with Gasteiger partial charge in [-0.2, -0.15) is 0 Å². The van der Waals surface area contributed by atoms with Gasteiger partial charge in [0.1, 0.15) is 0 Å². The maximum absolute atomic E-state index is 6.05. The van der Waals surface area contributed by atoms with E-state index in [0.29, 0.717) is 18.1 Å². The van der Waals surface area contributed by atoms with Crippen molar-refractivity contribution < 1.29 is 4.74 Å². The minimum Gasteiger partial charge on any atom is -0.380 e. The Labute approximate surface area is 87.6 Å². The molecule has 0 saturated carbocycles. The lowest BCUT2D eigenvalue weighted by Crippen LogP contribution is -2.46. The van der Waals surface area contributed by atoms with Gasteiger partial charge in [-0.25, -0.2) is 0 Å². The molecule has 0 bridgehead atoms. The van der Waals surface area contributed by atoms with Crippen molar-refractivity contribution in [3.8, 4) is 0 Å². The Kier molecular flexibility index (Phi) is 4.85. The Hall–Kier alpha value is -0.120. The second kappa shape index (κ2) is 5.69. The average molecular weight is 200 g/mol. The molecule has 0 aromatic heterocycles. The summed E-state index contributed by atoms with van der Waals surface area (Å²) < 4.78 is 5.38. The molecule has 0 spiro atoms. The summed E-state index contributed by atoms with van der Waals surface area (Å²) in [5.74, 6) is 0.568. The molecule has 0 amide bonds. The van der Waals surface area contributed by atoms with Gasteiger partial charge in [-0.3, -0.25) is 4.90 Å². The van der Waals surface area contributed by atoms with E-state index in [1.54, 1.807) is 7.11 Å². The maximum Gasteiger partial charge on any atom is 0.0698 e. The monoisotopic (exact) mass is 200 g/mol. The van der Waals surface area contributed by atoms with Crippen LogP contribution in [0.3, 0.4) is 0 Å². The van der Waals surface area contributed by atoms with Crippen molar-refractivity contribution in [1.82, 2.24) is 4.90 Å². The van der Waals surface area contributed by atoms with Crippen molar-refractivity contribution in [1.29, 1.82) is 0 Å². The molecule has 2 atom stereocenters. The van der Waals surface area contributed by atoms with Crippen LogP contribution >= 0.6 is 0 Å². The first-order valence-electron chi connectivity index (χ1n) is 5.64. The number of nitrogens with two attached hydrogens (primary N) is 1. The first-order valence-corrected chi connectivity index (χ1v) is 5.64. The molecule has 3 nitrogen and oxygen atoms in total. The van der Waals surface area contributed by atoms with E-state index in [1.165, 1.54) is 19.4 Å². The SMILES string of the molecule is COC1CCCN(CC(N)C(C)C)C1. The van der Waals surface area contributed by atoms with Gasteiger partial charge in [0.15, 0.2) is 0 Å². The summed E-state index contributed by atoms with van der Waals surface area (Å²) in [6, 6.07) is 0.297. The van der Waals surface area contributed by atoms with Crippen LogP contribution in [0.2, 0.25) is 0 Å². The lowest BCUT2D eigenvalue weighted by molar-refractivity contribution is 0.0279. The summed E-state index contributed by atoms with van der Waals surface area (Å²) in [5, 5.41) is 0. The van der Waals surface area contributed by atoms with Crippen molar-refractivity contribution in [3.05, 3.63) is 0 Å². The topological polar surface area (TPSA) is 38.5 Å². The van der Waals surface area contributed by atoms with Crippen LogP contribution in [0.15, 0.2) is 0 Å². The van der Waals surface area contributed by atoms with Crippen LogP contribution in [0, 0.1) is 5.92 Å². The van der Waals surface area contributed by atoms with Crippen LogP contribution in [0.25, 0.3) is 0 Å². The molecule has 1 aliphatic heterocycles. The predicted molar refractivity (Wildman–Crippen MR) is 59.3 cm³/mol. The molecule has 3 heteroatoms. The average Bonchev–Trinajstić information content (AvgIpc) is 2.18. The summed E-state index contributed by atoms with van der Waals surface area (Å²) in [5.41, 5.74) is 6.05. The van der Waals surface area contributed by atoms with Crippen molar-refractivity contribution in [2.75, 3.05) is 26.7 Å². The highest BCUT2D eigenvalue weighted by atomic mass is 16.5. The molecule has 1 fully saturated rings. The van der Waals surface area contributed by atoms with E-state index in [-0.39, 0.29) is 0 Å². The molecule has 1 rings (SSSR count). The number of likely N-dealkylation sites (tertiary alicyclic amines) is 1. The quantitative estimate of drug-likeness (QED) is 0.738. The minimum absolute atomic E-state index is 0.297. The van der Waals surface area contributed by atoms with Crippen LogP contribution in [0.5, 0.6) is 0 Å². The largest absolute Gasteiger partial charge is 0.380 e. The summed E-state index contributed by atoms with van der Waals surface area (Å²) in [7, 11) is 1.80. The summed E-state index contributed by atoms with van der Waals surface area (Å²) in [6.45, 7) is 7.61. The molecule has 1 saturated heterocycles. The number of hydrogen-bond donors (Lipinski definition) is 1. The van der Waals surface area contributed by atoms with Crippen molar-refractivity contribution in [3.63, 3.8) is 0 Å². The normalized spacial score (nSPS) is 26.8. The molecule has 2 N–H and O–H groups in total. The van der Waals surface area contributed by atoms with Gasteiger partial charge in [-0.05, 0) is 25.3 Å². The fourth-order valence-corrected chi connectivity index (χ4v) is 1.88. The van der Waals surface area contributed by atoms with Gasteiger partial charge in [-0.15, -0.1) is 0 Å². The lowest BCUT2D eigenvalue weighted by atomic mass is 10.0. The zero-order chi connectivity index (χ0) is 10.6. The van der Waals surface area contributed by atoms with Crippen LogP contribution in [0.1, 0.15) is 26.7 Å². The van der Waals surface area contributed by atoms with Crippen molar-refractivity contribution in [2.24, 2.45) is 11.7 Å². The van der Waals surface area contributed by atoms with Crippen molar-refractivity contribution >= 4 is 0 Å². The van der Waals surface area contributed by atoms with Gasteiger partial charge >= 0.3 is 0 Å². The van der Waals surface area contributed by atoms with Crippen LogP contribution in [-0.2, 0) is 4.74 Å². The van der Waals surface area contributed by atoms with E-state index in [4.69, 9.17) is 10.5 Å². The van der Waals surface area contributed by atoms with E-state index < -0.39 is 0 Å². The van der Waals surface area contributed by atoms with E-state index >= 15 is 0 Å². The number of nitrogens with zero attached hydrogens (tertiary/aromatic N) is 1. The molecular weight excluding hydrogens is 176 g/mol. The third kappa shape index (κ3) is 3.56. The van der Waals surface area contributed by atoms with Crippen molar-refractivity contribution in [2.45, 2.75) is 38.8 Å². The Morgan fingerprint density at radius 3 is 2.79 bits per heavy atom. The third-order valence-corrected chi connectivity index (χ3v) is 3.12. The zero-order valence-corrected chi connectivity index (χ0v) is 9.70. The van der Waals surface area contributed by atoms with E-state index in [9.17, 15) is 0 Å². The highest BCUT2D eigenvalue weighted by molar-refractivity contribution is 4.77. The van der Waals surface area contributed by atoms with Gasteiger partial charge in [0, 0.05) is 26.2 Å². The molecule has 0 aromatic rings. The van der Waals surface area contributed by atoms with E-state index in [2.05, 4.69) is 18.7 Å².